The molecule has 0 bridgehead atoms. The van der Waals surface area contributed by atoms with Crippen LogP contribution in [0.25, 0.3) is 23.0 Å². The van der Waals surface area contributed by atoms with Crippen molar-refractivity contribution in [3.05, 3.63) is 74.2 Å². The summed E-state index contributed by atoms with van der Waals surface area (Å²) in [4.78, 5) is 33.6. The van der Waals surface area contributed by atoms with Crippen molar-refractivity contribution >= 4 is 23.0 Å². The maximum absolute atomic E-state index is 13.5. The average molecular weight is 449 g/mol. The Kier molecular flexibility index (Phi) is 6.37. The third-order valence-corrected chi connectivity index (χ3v) is 6.56. The van der Waals surface area contributed by atoms with Crippen molar-refractivity contribution in [2.75, 3.05) is 19.6 Å². The molecule has 4 aromatic rings. The van der Waals surface area contributed by atoms with Crippen LogP contribution < -0.4 is 11.2 Å². The number of aromatic nitrogens is 5. The van der Waals surface area contributed by atoms with Crippen LogP contribution in [0.3, 0.4) is 0 Å². The molecule has 33 heavy (non-hydrogen) atoms. The van der Waals surface area contributed by atoms with Gasteiger partial charge in [0, 0.05) is 38.1 Å². The fourth-order valence-electron chi connectivity index (χ4n) is 4.38. The van der Waals surface area contributed by atoms with Crippen LogP contribution in [-0.2, 0) is 20.1 Å². The molecule has 4 rings (SSSR count). The van der Waals surface area contributed by atoms with Crippen LogP contribution in [0.1, 0.15) is 30.8 Å². The Hall–Kier alpha value is -3.39. The van der Waals surface area contributed by atoms with Crippen molar-refractivity contribution in [1.29, 1.82) is 0 Å². The highest BCUT2D eigenvalue weighted by molar-refractivity contribution is 5.76. The maximum Gasteiger partial charge on any atom is 0.332 e. The Morgan fingerprint density at radius 2 is 1.70 bits per heavy atom. The smallest absolute Gasteiger partial charge is 0.313 e. The SMILES string of the molecule is CCN(CC)CCn1c(C)c(C)n2c3c(=O)n(CC=Cc4ccccc4)c(=O)n(C)c3nc12. The number of allylic oxidation sites excluding steroid dienone is 1. The van der Waals surface area contributed by atoms with Gasteiger partial charge >= 0.3 is 5.69 Å². The molecule has 0 saturated carbocycles. The van der Waals surface area contributed by atoms with Gasteiger partial charge < -0.3 is 9.47 Å². The molecule has 0 spiro atoms. The fraction of sp³-hybridized carbons (Fsp3) is 0.400. The Labute approximate surface area is 193 Å². The highest BCUT2D eigenvalue weighted by Gasteiger charge is 2.22. The molecule has 8 nitrogen and oxygen atoms in total. The number of likely N-dealkylation sites (N-methyl/N-ethyl adjacent to an activating group) is 1. The maximum atomic E-state index is 13.5. The predicted molar refractivity (Wildman–Crippen MR) is 133 cm³/mol. The number of aryl methyl sites for hydroxylation is 2. The van der Waals surface area contributed by atoms with Gasteiger partial charge in [0.1, 0.15) is 0 Å². The summed E-state index contributed by atoms with van der Waals surface area (Å²) in [5.41, 5.74) is 3.25. The summed E-state index contributed by atoms with van der Waals surface area (Å²) >= 11 is 0. The van der Waals surface area contributed by atoms with E-state index in [-0.39, 0.29) is 17.8 Å². The predicted octanol–water partition coefficient (Wildman–Crippen LogP) is 2.82. The fourth-order valence-corrected chi connectivity index (χ4v) is 4.38. The van der Waals surface area contributed by atoms with Crippen molar-refractivity contribution < 1.29 is 0 Å². The summed E-state index contributed by atoms with van der Waals surface area (Å²) in [5.74, 6) is 0.705. The van der Waals surface area contributed by atoms with Crippen LogP contribution in [0.2, 0.25) is 0 Å². The summed E-state index contributed by atoms with van der Waals surface area (Å²) in [7, 11) is 1.68. The lowest BCUT2D eigenvalue weighted by Crippen LogP contribution is -2.39. The van der Waals surface area contributed by atoms with E-state index >= 15 is 0 Å². The minimum Gasteiger partial charge on any atom is -0.313 e. The zero-order valence-corrected chi connectivity index (χ0v) is 20.1. The van der Waals surface area contributed by atoms with E-state index in [0.29, 0.717) is 16.9 Å². The van der Waals surface area contributed by atoms with Crippen LogP contribution in [0.5, 0.6) is 0 Å². The Balaban J connectivity index is 1.82. The number of rotatable bonds is 8. The summed E-state index contributed by atoms with van der Waals surface area (Å²) in [5, 5.41) is 0. The van der Waals surface area contributed by atoms with E-state index in [1.165, 1.54) is 9.13 Å². The number of hydrogen-bond donors (Lipinski definition) is 0. The lowest BCUT2D eigenvalue weighted by molar-refractivity contribution is 0.291. The minimum absolute atomic E-state index is 0.199. The van der Waals surface area contributed by atoms with Gasteiger partial charge in [0.15, 0.2) is 11.2 Å². The molecule has 0 aliphatic heterocycles. The molecule has 174 valence electrons. The molecule has 0 unspecified atom stereocenters. The second-order valence-electron chi connectivity index (χ2n) is 8.34. The van der Waals surface area contributed by atoms with Gasteiger partial charge in [-0.2, -0.15) is 4.98 Å². The Morgan fingerprint density at radius 1 is 1.00 bits per heavy atom. The molecule has 0 saturated heterocycles. The molecule has 8 heteroatoms. The second-order valence-corrected chi connectivity index (χ2v) is 8.34. The van der Waals surface area contributed by atoms with Crippen molar-refractivity contribution in [2.24, 2.45) is 7.05 Å². The summed E-state index contributed by atoms with van der Waals surface area (Å²) in [6.07, 6.45) is 3.76. The molecule has 1 aromatic carbocycles. The van der Waals surface area contributed by atoms with E-state index in [2.05, 4.69) is 30.2 Å². The van der Waals surface area contributed by atoms with Crippen LogP contribution >= 0.6 is 0 Å². The zero-order chi connectivity index (χ0) is 23.7. The monoisotopic (exact) mass is 448 g/mol. The highest BCUT2D eigenvalue weighted by atomic mass is 16.2. The third-order valence-electron chi connectivity index (χ3n) is 6.56. The lowest BCUT2D eigenvalue weighted by Gasteiger charge is -2.18. The Morgan fingerprint density at radius 3 is 2.36 bits per heavy atom. The standard InChI is InChI=1S/C25H32N6O2/c1-6-28(7-2)16-17-29-18(3)19(4)31-21-22(26-24(29)31)27(5)25(33)30(23(21)32)15-11-14-20-12-9-8-10-13-20/h8-14H,6-7,15-17H2,1-5H3. The molecule has 0 radical (unpaired) electrons. The zero-order valence-electron chi connectivity index (χ0n) is 20.1. The first-order chi connectivity index (χ1) is 15.9. The molecule has 0 atom stereocenters. The third kappa shape index (κ3) is 3.95. The minimum atomic E-state index is -0.366. The Bertz CT molecular complexity index is 1430. The largest absolute Gasteiger partial charge is 0.332 e. The molecule has 0 amide bonds. The highest BCUT2D eigenvalue weighted by Crippen LogP contribution is 2.20. The van der Waals surface area contributed by atoms with Crippen molar-refractivity contribution in [1.82, 2.24) is 28.0 Å². The number of imidazole rings is 2. The average Bonchev–Trinajstić information content (AvgIpc) is 3.32. The van der Waals surface area contributed by atoms with Gasteiger partial charge in [-0.3, -0.25) is 18.3 Å². The second kappa shape index (κ2) is 9.23. The number of benzene rings is 1. The molecule has 3 heterocycles. The summed E-state index contributed by atoms with van der Waals surface area (Å²) < 4.78 is 6.81. The topological polar surface area (TPSA) is 69.5 Å². The van der Waals surface area contributed by atoms with Gasteiger partial charge in [-0.1, -0.05) is 56.3 Å². The van der Waals surface area contributed by atoms with E-state index < -0.39 is 0 Å². The van der Waals surface area contributed by atoms with Crippen LogP contribution in [0, 0.1) is 13.8 Å². The molecular weight excluding hydrogens is 416 g/mol. The molecule has 3 aromatic heterocycles. The van der Waals surface area contributed by atoms with E-state index in [9.17, 15) is 9.59 Å². The molecular formula is C25H32N6O2. The van der Waals surface area contributed by atoms with Gasteiger partial charge in [-0.05, 0) is 32.5 Å². The van der Waals surface area contributed by atoms with Crippen molar-refractivity contribution in [3.8, 4) is 0 Å². The first-order valence-corrected chi connectivity index (χ1v) is 11.5. The molecule has 0 aliphatic carbocycles. The van der Waals surface area contributed by atoms with Gasteiger partial charge in [0.05, 0.1) is 0 Å². The number of nitrogens with zero attached hydrogens (tertiary/aromatic N) is 6. The van der Waals surface area contributed by atoms with Gasteiger partial charge in [-0.15, -0.1) is 0 Å². The van der Waals surface area contributed by atoms with Crippen molar-refractivity contribution in [2.45, 2.75) is 40.8 Å². The van der Waals surface area contributed by atoms with Gasteiger partial charge in [0.25, 0.3) is 5.56 Å². The quantitative estimate of drug-likeness (QED) is 0.416. The summed E-state index contributed by atoms with van der Waals surface area (Å²) in [6.45, 7) is 12.2. The van der Waals surface area contributed by atoms with E-state index in [0.717, 1.165) is 43.1 Å². The first-order valence-electron chi connectivity index (χ1n) is 11.5. The van der Waals surface area contributed by atoms with Crippen LogP contribution in [-0.4, -0.2) is 47.6 Å². The molecule has 0 N–H and O–H groups in total. The van der Waals surface area contributed by atoms with E-state index in [1.54, 1.807) is 7.05 Å². The normalized spacial score (nSPS) is 12.2. The number of hydrogen-bond acceptors (Lipinski definition) is 4. The first kappa shape index (κ1) is 22.8. The van der Waals surface area contributed by atoms with Crippen LogP contribution in [0.4, 0.5) is 0 Å². The van der Waals surface area contributed by atoms with Gasteiger partial charge in [0.2, 0.25) is 5.78 Å². The van der Waals surface area contributed by atoms with Crippen LogP contribution in [0.15, 0.2) is 46.0 Å². The summed E-state index contributed by atoms with van der Waals surface area (Å²) in [6, 6.07) is 9.82. The van der Waals surface area contributed by atoms with E-state index in [4.69, 9.17) is 4.98 Å². The van der Waals surface area contributed by atoms with E-state index in [1.807, 2.05) is 53.8 Å². The molecule has 0 fully saturated rings. The van der Waals surface area contributed by atoms with Crippen molar-refractivity contribution in [3.63, 3.8) is 0 Å². The molecule has 0 aliphatic rings. The lowest BCUT2D eigenvalue weighted by atomic mass is 10.2. The van der Waals surface area contributed by atoms with Gasteiger partial charge in [-0.25, -0.2) is 4.79 Å². The number of fused-ring (bicyclic) bond motifs is 3.